The van der Waals surface area contributed by atoms with Crippen LogP contribution in [0.4, 0.5) is 0 Å². The Morgan fingerprint density at radius 2 is 0.750 bits per heavy atom. The van der Waals surface area contributed by atoms with Crippen molar-refractivity contribution >= 4 is 0 Å². The van der Waals surface area contributed by atoms with E-state index in [9.17, 15) is 0 Å². The van der Waals surface area contributed by atoms with Gasteiger partial charge in [0.05, 0.1) is 0 Å². The van der Waals surface area contributed by atoms with Gasteiger partial charge in [0.1, 0.15) is 0 Å². The zero-order chi connectivity index (χ0) is 0. The average molecular weight is 72.1 g/mol. The summed E-state index contributed by atoms with van der Waals surface area (Å²) in [5, 5.41) is 0. The van der Waals surface area contributed by atoms with Crippen LogP contribution in [0.1, 0.15) is 14.9 Å². The Labute approximate surface area is 50.0 Å². The summed E-state index contributed by atoms with van der Waals surface area (Å²) in [6.07, 6.45) is 0. The van der Waals surface area contributed by atoms with Crippen LogP contribution >= 0.6 is 0 Å². The van der Waals surface area contributed by atoms with Crippen molar-refractivity contribution in [3.05, 3.63) is 0 Å². The largest absolute Gasteiger partial charge is 1.00 e. The predicted octanol–water partition coefficient (Wildman–Crippen LogP) is -1.90. The Hall–Kier alpha value is 0.960. The molecule has 0 unspecified atom stereocenters. The van der Waals surface area contributed by atoms with E-state index in [0.29, 0.717) is 0 Å². The average Bonchev–Trinajstić information content (AvgIpc) is 0. The van der Waals surface area contributed by atoms with E-state index in [1.807, 2.05) is 0 Å². The van der Waals surface area contributed by atoms with Crippen molar-refractivity contribution in [2.45, 2.75) is 14.9 Å². The SMILES string of the molecule is C.C.[Na+].[OH-]. The molecule has 0 aliphatic carbocycles. The molecule has 0 amide bonds. The molecule has 2 heteroatoms. The number of hydrogen-bond acceptors (Lipinski definition) is 1. The van der Waals surface area contributed by atoms with Gasteiger partial charge in [-0.1, -0.05) is 14.9 Å². The van der Waals surface area contributed by atoms with Gasteiger partial charge in [-0.3, -0.25) is 0 Å². The normalized spacial score (nSPS) is 0. The summed E-state index contributed by atoms with van der Waals surface area (Å²) in [6, 6.07) is 0. The molecule has 0 aromatic carbocycles. The predicted molar refractivity (Wildman–Crippen MR) is 15.4 cm³/mol. The molecule has 0 radical (unpaired) electrons. The molecule has 24 valence electrons. The van der Waals surface area contributed by atoms with Crippen LogP contribution in [0.5, 0.6) is 0 Å². The molecule has 0 bridgehead atoms. The van der Waals surface area contributed by atoms with Gasteiger partial charge in [-0.25, -0.2) is 0 Å². The summed E-state index contributed by atoms with van der Waals surface area (Å²) in [6.45, 7) is 0. The second-order valence-corrected chi connectivity index (χ2v) is 0. The molecule has 0 saturated carbocycles. The smallest absolute Gasteiger partial charge is 0.870 e. The first-order valence-electron chi connectivity index (χ1n) is 0. The van der Waals surface area contributed by atoms with E-state index in [-0.39, 0.29) is 49.9 Å². The molecule has 0 atom stereocenters. The summed E-state index contributed by atoms with van der Waals surface area (Å²) < 4.78 is 0. The number of hydrogen-bond donors (Lipinski definition) is 0. The van der Waals surface area contributed by atoms with Gasteiger partial charge in [-0.15, -0.1) is 0 Å². The van der Waals surface area contributed by atoms with Gasteiger partial charge in [0.2, 0.25) is 0 Å². The van der Waals surface area contributed by atoms with Gasteiger partial charge in [0.25, 0.3) is 0 Å². The van der Waals surface area contributed by atoms with Crippen LogP contribution in [-0.2, 0) is 0 Å². The molecule has 0 aromatic heterocycles. The van der Waals surface area contributed by atoms with E-state index >= 15 is 0 Å². The molecule has 0 fully saturated rings. The van der Waals surface area contributed by atoms with Crippen LogP contribution in [0, 0.1) is 0 Å². The summed E-state index contributed by atoms with van der Waals surface area (Å²) in [4.78, 5) is 0. The molecule has 0 aliphatic heterocycles. The van der Waals surface area contributed by atoms with Gasteiger partial charge in [0.15, 0.2) is 0 Å². The molecule has 0 heterocycles. The molecular formula is C2H9NaO. The van der Waals surface area contributed by atoms with Gasteiger partial charge in [-0.05, 0) is 0 Å². The molecule has 1 nitrogen and oxygen atoms in total. The van der Waals surface area contributed by atoms with Gasteiger partial charge < -0.3 is 5.48 Å². The maximum atomic E-state index is 0. The van der Waals surface area contributed by atoms with Crippen molar-refractivity contribution in [1.82, 2.24) is 0 Å². The third-order valence-electron chi connectivity index (χ3n) is 0. The summed E-state index contributed by atoms with van der Waals surface area (Å²) in [7, 11) is 0. The van der Waals surface area contributed by atoms with Crippen molar-refractivity contribution in [2.75, 3.05) is 0 Å². The molecule has 0 saturated heterocycles. The van der Waals surface area contributed by atoms with Gasteiger partial charge in [0, 0.05) is 0 Å². The quantitative estimate of drug-likeness (QED) is 0.307. The third-order valence-corrected chi connectivity index (χ3v) is 0. The fourth-order valence-electron chi connectivity index (χ4n) is 0. The first-order chi connectivity index (χ1) is 0. The molecule has 0 aromatic rings. The molecular weight excluding hydrogens is 63.0 g/mol. The second-order valence-electron chi connectivity index (χ2n) is 0. The van der Waals surface area contributed by atoms with Crippen molar-refractivity contribution < 1.29 is 35.0 Å². The fourth-order valence-corrected chi connectivity index (χ4v) is 0. The van der Waals surface area contributed by atoms with E-state index in [4.69, 9.17) is 0 Å². The van der Waals surface area contributed by atoms with Crippen LogP contribution in [-0.4, -0.2) is 5.48 Å². The van der Waals surface area contributed by atoms with E-state index in [0.717, 1.165) is 0 Å². The topological polar surface area (TPSA) is 30.0 Å². The Kier molecular flexibility index (Phi) is 794. The second kappa shape index (κ2) is 37.6. The Bertz CT molecular complexity index is 6.00. The Balaban J connectivity index is 0. The molecule has 0 rings (SSSR count). The van der Waals surface area contributed by atoms with Crippen molar-refractivity contribution in [2.24, 2.45) is 0 Å². The van der Waals surface area contributed by atoms with Crippen molar-refractivity contribution in [1.29, 1.82) is 0 Å². The molecule has 4 heavy (non-hydrogen) atoms. The van der Waals surface area contributed by atoms with Crippen molar-refractivity contribution in [3.63, 3.8) is 0 Å². The van der Waals surface area contributed by atoms with Crippen molar-refractivity contribution in [3.8, 4) is 0 Å². The summed E-state index contributed by atoms with van der Waals surface area (Å²) in [5.74, 6) is 0. The summed E-state index contributed by atoms with van der Waals surface area (Å²) in [5.41, 5.74) is 0. The molecule has 0 aliphatic rings. The van der Waals surface area contributed by atoms with Gasteiger partial charge in [-0.2, -0.15) is 0 Å². The fraction of sp³-hybridized carbons (Fsp3) is 1.00. The monoisotopic (exact) mass is 72.1 g/mol. The van der Waals surface area contributed by atoms with Crippen LogP contribution in [0.25, 0.3) is 0 Å². The number of rotatable bonds is 0. The molecule has 1 N–H and O–H groups in total. The van der Waals surface area contributed by atoms with E-state index in [1.54, 1.807) is 0 Å². The van der Waals surface area contributed by atoms with E-state index < -0.39 is 0 Å². The van der Waals surface area contributed by atoms with E-state index in [2.05, 4.69) is 0 Å². The van der Waals surface area contributed by atoms with E-state index in [1.165, 1.54) is 0 Å². The van der Waals surface area contributed by atoms with Crippen LogP contribution < -0.4 is 29.6 Å². The molecule has 0 spiro atoms. The standard InChI is InChI=1S/2CH4.Na.H2O/h2*1H4;;1H2/q;;+1;/p-1. The zero-order valence-electron chi connectivity index (χ0n) is 1.45. The maximum Gasteiger partial charge on any atom is 1.00 e. The van der Waals surface area contributed by atoms with Crippen LogP contribution in [0.2, 0.25) is 0 Å². The first kappa shape index (κ1) is 84.4. The minimum Gasteiger partial charge on any atom is -0.870 e. The van der Waals surface area contributed by atoms with Crippen LogP contribution in [0.15, 0.2) is 0 Å². The summed E-state index contributed by atoms with van der Waals surface area (Å²) >= 11 is 0. The third kappa shape index (κ3) is 12.3. The maximum absolute atomic E-state index is 0. The van der Waals surface area contributed by atoms with Crippen LogP contribution in [0.3, 0.4) is 0 Å². The Morgan fingerprint density at radius 3 is 0.750 bits per heavy atom. The zero-order valence-corrected chi connectivity index (χ0v) is 3.45. The Morgan fingerprint density at radius 1 is 0.750 bits per heavy atom. The first-order valence-corrected chi connectivity index (χ1v) is 0. The minimum atomic E-state index is 0. The van der Waals surface area contributed by atoms with Gasteiger partial charge >= 0.3 is 29.6 Å². The minimum absolute atomic E-state index is 0.